The molecule has 0 saturated carbocycles. The third-order valence-electron chi connectivity index (χ3n) is 6.08. The van der Waals surface area contributed by atoms with Crippen LogP contribution in [0.2, 0.25) is 5.02 Å². The van der Waals surface area contributed by atoms with E-state index in [0.29, 0.717) is 16.3 Å². The van der Waals surface area contributed by atoms with Gasteiger partial charge in [-0.3, -0.25) is 9.10 Å². The number of halogens is 1. The van der Waals surface area contributed by atoms with Crippen LogP contribution in [-0.2, 0) is 16.6 Å². The zero-order valence-electron chi connectivity index (χ0n) is 20.3. The van der Waals surface area contributed by atoms with Gasteiger partial charge in [0.05, 0.1) is 17.1 Å². The molecule has 36 heavy (non-hydrogen) atoms. The molecule has 184 valence electrons. The molecule has 0 saturated heterocycles. The molecule has 0 heterocycles. The Morgan fingerprint density at radius 2 is 1.47 bits per heavy atom. The summed E-state index contributed by atoms with van der Waals surface area (Å²) in [5.74, 6) is -0.232. The van der Waals surface area contributed by atoms with E-state index in [4.69, 9.17) is 11.6 Å². The first kappa shape index (κ1) is 25.5. The van der Waals surface area contributed by atoms with E-state index >= 15 is 0 Å². The van der Waals surface area contributed by atoms with E-state index < -0.39 is 10.0 Å². The SMILES string of the molecule is Cc1ccc(NC(=O)c2ccc(CN(c3cc(Cl)ccc3C)S(=O)(=O)c3ccccc3)cc2)cc1C. The molecule has 7 heteroatoms. The van der Waals surface area contributed by atoms with Gasteiger partial charge in [-0.05, 0) is 91.6 Å². The molecule has 1 N–H and O–H groups in total. The number of aryl methyl sites for hydroxylation is 3. The second-order valence-electron chi connectivity index (χ2n) is 8.71. The molecule has 4 rings (SSSR count). The molecule has 1 amide bonds. The van der Waals surface area contributed by atoms with E-state index in [1.54, 1.807) is 72.8 Å². The molecule has 4 aromatic carbocycles. The molecule has 0 radical (unpaired) electrons. The highest BCUT2D eigenvalue weighted by Gasteiger charge is 2.26. The predicted octanol–water partition coefficient (Wildman–Crippen LogP) is 6.91. The lowest BCUT2D eigenvalue weighted by Crippen LogP contribution is -2.31. The Kier molecular flexibility index (Phi) is 7.48. The zero-order valence-corrected chi connectivity index (χ0v) is 21.9. The van der Waals surface area contributed by atoms with E-state index in [2.05, 4.69) is 5.32 Å². The van der Waals surface area contributed by atoms with Crippen molar-refractivity contribution in [3.05, 3.63) is 124 Å². The summed E-state index contributed by atoms with van der Waals surface area (Å²) in [5, 5.41) is 3.36. The van der Waals surface area contributed by atoms with Crippen molar-refractivity contribution in [2.24, 2.45) is 0 Å². The summed E-state index contributed by atoms with van der Waals surface area (Å²) in [6.45, 7) is 5.94. The van der Waals surface area contributed by atoms with Gasteiger partial charge in [0.15, 0.2) is 0 Å². The Morgan fingerprint density at radius 3 is 2.14 bits per heavy atom. The quantitative estimate of drug-likeness (QED) is 0.289. The van der Waals surface area contributed by atoms with Gasteiger partial charge in [-0.2, -0.15) is 0 Å². The molecular weight excluding hydrogens is 492 g/mol. The molecule has 0 aliphatic heterocycles. The van der Waals surface area contributed by atoms with Gasteiger partial charge in [-0.1, -0.05) is 54.1 Å². The van der Waals surface area contributed by atoms with Crippen LogP contribution >= 0.6 is 11.6 Å². The molecule has 0 aliphatic rings. The number of nitrogens with zero attached hydrogens (tertiary/aromatic N) is 1. The van der Waals surface area contributed by atoms with Crippen LogP contribution in [-0.4, -0.2) is 14.3 Å². The van der Waals surface area contributed by atoms with Gasteiger partial charge < -0.3 is 5.32 Å². The summed E-state index contributed by atoms with van der Waals surface area (Å²) >= 11 is 6.23. The fourth-order valence-electron chi connectivity index (χ4n) is 3.82. The molecule has 5 nitrogen and oxygen atoms in total. The molecule has 0 fully saturated rings. The highest BCUT2D eigenvalue weighted by molar-refractivity contribution is 7.92. The number of benzene rings is 4. The number of carbonyl (C=O) groups is 1. The normalized spacial score (nSPS) is 11.2. The first-order valence-electron chi connectivity index (χ1n) is 11.5. The lowest BCUT2D eigenvalue weighted by atomic mass is 10.1. The Bertz CT molecular complexity index is 1500. The van der Waals surface area contributed by atoms with E-state index in [0.717, 1.165) is 27.9 Å². The number of carbonyl (C=O) groups excluding carboxylic acids is 1. The smallest absolute Gasteiger partial charge is 0.264 e. The minimum atomic E-state index is -3.87. The van der Waals surface area contributed by atoms with E-state index in [1.807, 2.05) is 39.0 Å². The lowest BCUT2D eigenvalue weighted by molar-refractivity contribution is 0.102. The molecule has 0 unspecified atom stereocenters. The first-order valence-corrected chi connectivity index (χ1v) is 13.3. The molecule has 4 aromatic rings. The van der Waals surface area contributed by atoms with Gasteiger partial charge in [0.25, 0.3) is 15.9 Å². The molecule has 0 aliphatic carbocycles. The van der Waals surface area contributed by atoms with Gasteiger partial charge in [0, 0.05) is 16.3 Å². The first-order chi connectivity index (χ1) is 17.1. The van der Waals surface area contributed by atoms with E-state index in [-0.39, 0.29) is 17.3 Å². The number of rotatable bonds is 7. The predicted molar refractivity (Wildman–Crippen MR) is 146 cm³/mol. The van der Waals surface area contributed by atoms with Crippen LogP contribution in [0.4, 0.5) is 11.4 Å². The molecule has 0 spiro atoms. The molecule has 0 aromatic heterocycles. The second-order valence-corrected chi connectivity index (χ2v) is 11.0. The molecular formula is C29H27ClN2O3S. The van der Waals surface area contributed by atoms with E-state index in [9.17, 15) is 13.2 Å². The minimum Gasteiger partial charge on any atom is -0.322 e. The Hall–Kier alpha value is -3.61. The van der Waals surface area contributed by atoms with Gasteiger partial charge in [-0.25, -0.2) is 8.42 Å². The lowest BCUT2D eigenvalue weighted by Gasteiger charge is -2.26. The fraction of sp³-hybridized carbons (Fsp3) is 0.138. The fourth-order valence-corrected chi connectivity index (χ4v) is 5.52. The van der Waals surface area contributed by atoms with Crippen molar-refractivity contribution in [3.8, 4) is 0 Å². The second kappa shape index (κ2) is 10.6. The van der Waals surface area contributed by atoms with Gasteiger partial charge in [-0.15, -0.1) is 0 Å². The van der Waals surface area contributed by atoms with E-state index in [1.165, 1.54) is 4.31 Å². The monoisotopic (exact) mass is 518 g/mol. The van der Waals surface area contributed by atoms with Crippen molar-refractivity contribution in [2.75, 3.05) is 9.62 Å². The average Bonchev–Trinajstić information content (AvgIpc) is 2.87. The number of amides is 1. The molecule has 0 atom stereocenters. The maximum atomic E-state index is 13.6. The number of anilines is 2. The summed E-state index contributed by atoms with van der Waals surface area (Å²) in [6.07, 6.45) is 0. The number of hydrogen-bond donors (Lipinski definition) is 1. The van der Waals surface area contributed by atoms with Crippen molar-refractivity contribution in [3.63, 3.8) is 0 Å². The van der Waals surface area contributed by atoms with Crippen molar-refractivity contribution in [1.82, 2.24) is 0 Å². The standard InChI is InChI=1S/C29H27ClN2O3S/c1-20-10-16-26(17-22(20)3)31-29(33)24-13-11-23(12-14-24)19-32(28-18-25(30)15-9-21(28)2)36(34,35)27-7-5-4-6-8-27/h4-18H,19H2,1-3H3,(H,31,33). The average molecular weight is 519 g/mol. The topological polar surface area (TPSA) is 66.5 Å². The maximum Gasteiger partial charge on any atom is 0.264 e. The number of nitrogens with one attached hydrogen (secondary N) is 1. The summed E-state index contributed by atoms with van der Waals surface area (Å²) in [6, 6.07) is 26.2. The van der Waals surface area contributed by atoms with Crippen LogP contribution in [0.5, 0.6) is 0 Å². The van der Waals surface area contributed by atoms with Crippen molar-refractivity contribution < 1.29 is 13.2 Å². The summed E-state index contributed by atoms with van der Waals surface area (Å²) in [5.41, 5.74) is 5.47. The van der Waals surface area contributed by atoms with Gasteiger partial charge >= 0.3 is 0 Å². The Balaban J connectivity index is 1.62. The van der Waals surface area contributed by atoms with Crippen LogP contribution in [0, 0.1) is 20.8 Å². The Labute approximate surface area is 217 Å². The largest absolute Gasteiger partial charge is 0.322 e. The van der Waals surface area contributed by atoms with Crippen LogP contribution in [0.1, 0.15) is 32.6 Å². The number of sulfonamides is 1. The summed E-state index contributed by atoms with van der Waals surface area (Å²) in [7, 11) is -3.87. The van der Waals surface area contributed by atoms with Crippen LogP contribution in [0.25, 0.3) is 0 Å². The minimum absolute atomic E-state index is 0.0808. The zero-order chi connectivity index (χ0) is 25.9. The van der Waals surface area contributed by atoms with Crippen LogP contribution in [0.15, 0.2) is 95.9 Å². The summed E-state index contributed by atoms with van der Waals surface area (Å²) < 4.78 is 28.7. The maximum absolute atomic E-state index is 13.6. The molecule has 0 bridgehead atoms. The van der Waals surface area contributed by atoms with Crippen LogP contribution < -0.4 is 9.62 Å². The third kappa shape index (κ3) is 5.61. The van der Waals surface area contributed by atoms with Crippen LogP contribution in [0.3, 0.4) is 0 Å². The van der Waals surface area contributed by atoms with Crippen molar-refractivity contribution in [1.29, 1.82) is 0 Å². The highest BCUT2D eigenvalue weighted by atomic mass is 35.5. The van der Waals surface area contributed by atoms with Gasteiger partial charge in [0.1, 0.15) is 0 Å². The third-order valence-corrected chi connectivity index (χ3v) is 8.09. The summed E-state index contributed by atoms with van der Waals surface area (Å²) in [4.78, 5) is 12.9. The highest BCUT2D eigenvalue weighted by Crippen LogP contribution is 2.31. The van der Waals surface area contributed by atoms with Crippen molar-refractivity contribution in [2.45, 2.75) is 32.2 Å². The number of hydrogen-bond acceptors (Lipinski definition) is 3. The Morgan fingerprint density at radius 1 is 0.806 bits per heavy atom. The van der Waals surface area contributed by atoms with Gasteiger partial charge in [0.2, 0.25) is 0 Å². The van der Waals surface area contributed by atoms with Crippen molar-refractivity contribution >= 4 is 38.9 Å².